The maximum Gasteiger partial charge on any atom is 0.253 e. The average molecular weight is 408 g/mol. The summed E-state index contributed by atoms with van der Waals surface area (Å²) < 4.78 is 5.68. The van der Waals surface area contributed by atoms with Crippen LogP contribution >= 0.6 is 0 Å². The van der Waals surface area contributed by atoms with E-state index in [1.165, 1.54) is 6.42 Å². The first-order valence-corrected chi connectivity index (χ1v) is 10.3. The van der Waals surface area contributed by atoms with Crippen molar-refractivity contribution in [3.8, 4) is 5.75 Å². The summed E-state index contributed by atoms with van der Waals surface area (Å²) in [4.78, 5) is 26.8. The van der Waals surface area contributed by atoms with Crippen molar-refractivity contribution < 1.29 is 14.3 Å². The van der Waals surface area contributed by atoms with Gasteiger partial charge in [0.05, 0.1) is 12.2 Å². The van der Waals surface area contributed by atoms with Gasteiger partial charge in [-0.1, -0.05) is 18.7 Å². The Morgan fingerprint density at radius 1 is 1.03 bits per heavy atom. The first kappa shape index (κ1) is 21.4. The van der Waals surface area contributed by atoms with E-state index in [9.17, 15) is 9.59 Å². The molecule has 1 aliphatic heterocycles. The molecular formula is C24H29N3O3. The molecule has 158 valence electrons. The Hall–Kier alpha value is -3.28. The predicted octanol–water partition coefficient (Wildman–Crippen LogP) is 4.32. The Morgan fingerprint density at radius 2 is 1.73 bits per heavy atom. The zero-order valence-corrected chi connectivity index (χ0v) is 17.4. The molecule has 0 saturated carbocycles. The molecule has 2 N–H and O–H groups in total. The van der Waals surface area contributed by atoms with Crippen molar-refractivity contribution >= 4 is 23.2 Å². The largest absolute Gasteiger partial charge is 0.487 e. The minimum Gasteiger partial charge on any atom is -0.487 e. The van der Waals surface area contributed by atoms with Crippen molar-refractivity contribution in [3.05, 3.63) is 66.2 Å². The third kappa shape index (κ3) is 6.11. The number of amides is 2. The summed E-state index contributed by atoms with van der Waals surface area (Å²) in [5, 5.41) is 5.95. The lowest BCUT2D eigenvalue weighted by atomic mass is 10.1. The number of hydrogen-bond donors (Lipinski definition) is 2. The van der Waals surface area contributed by atoms with Gasteiger partial charge in [-0.2, -0.15) is 0 Å². The molecule has 2 amide bonds. The summed E-state index contributed by atoms with van der Waals surface area (Å²) in [5.74, 6) is 0.495. The highest BCUT2D eigenvalue weighted by molar-refractivity contribution is 5.96. The van der Waals surface area contributed by atoms with Gasteiger partial charge in [0, 0.05) is 24.3 Å². The molecule has 1 saturated heterocycles. The Labute approximate surface area is 177 Å². The molecule has 1 heterocycles. The topological polar surface area (TPSA) is 70.7 Å². The molecule has 0 aromatic heterocycles. The number of hydrogen-bond acceptors (Lipinski definition) is 4. The minimum atomic E-state index is -0.185. The molecule has 1 aliphatic rings. The zero-order valence-electron chi connectivity index (χ0n) is 17.4. The maximum absolute atomic E-state index is 12.5. The van der Waals surface area contributed by atoms with E-state index in [-0.39, 0.29) is 18.4 Å². The van der Waals surface area contributed by atoms with Crippen LogP contribution in [0.4, 0.5) is 11.4 Å². The van der Waals surface area contributed by atoms with Crippen molar-refractivity contribution in [3.63, 3.8) is 0 Å². The molecule has 0 bridgehead atoms. The second-order valence-corrected chi connectivity index (χ2v) is 7.57. The van der Waals surface area contributed by atoms with Gasteiger partial charge in [-0.15, -0.1) is 0 Å². The standard InChI is InChI=1S/C24H29N3O3/c1-18(2)17-30-22-9-5-4-8-21(22)26-23(28)16-25-20-12-10-19(11-13-20)24(29)27-14-6-3-7-15-27/h4-5,8-13,25H,1,3,6-7,14-17H2,2H3,(H,26,28). The van der Waals surface area contributed by atoms with Gasteiger partial charge in [0.15, 0.2) is 0 Å². The Bertz CT molecular complexity index is 887. The van der Waals surface area contributed by atoms with Crippen molar-refractivity contribution in [2.75, 3.05) is 36.9 Å². The van der Waals surface area contributed by atoms with E-state index in [0.717, 1.165) is 37.2 Å². The lowest BCUT2D eigenvalue weighted by Crippen LogP contribution is -2.35. The highest BCUT2D eigenvalue weighted by atomic mass is 16.5. The zero-order chi connectivity index (χ0) is 21.3. The highest BCUT2D eigenvalue weighted by Crippen LogP contribution is 2.24. The van der Waals surface area contributed by atoms with Crippen LogP contribution in [0.25, 0.3) is 0 Å². The SMILES string of the molecule is C=C(C)COc1ccccc1NC(=O)CNc1ccc(C(=O)N2CCCCC2)cc1. The summed E-state index contributed by atoms with van der Waals surface area (Å²) in [6.07, 6.45) is 3.34. The van der Waals surface area contributed by atoms with Crippen molar-refractivity contribution in [1.29, 1.82) is 0 Å². The number of rotatable bonds is 8. The smallest absolute Gasteiger partial charge is 0.253 e. The highest BCUT2D eigenvalue weighted by Gasteiger charge is 2.17. The van der Waals surface area contributed by atoms with Crippen molar-refractivity contribution in [2.24, 2.45) is 0 Å². The van der Waals surface area contributed by atoms with Crippen molar-refractivity contribution in [2.45, 2.75) is 26.2 Å². The van der Waals surface area contributed by atoms with Crippen LogP contribution in [-0.4, -0.2) is 43.0 Å². The van der Waals surface area contributed by atoms with E-state index >= 15 is 0 Å². The summed E-state index contributed by atoms with van der Waals surface area (Å²) in [6, 6.07) is 14.6. The summed E-state index contributed by atoms with van der Waals surface area (Å²) in [6.45, 7) is 7.87. The molecule has 0 atom stereocenters. The number of ether oxygens (including phenoxy) is 1. The monoisotopic (exact) mass is 407 g/mol. The maximum atomic E-state index is 12.5. The number of nitrogens with one attached hydrogen (secondary N) is 2. The second kappa shape index (κ2) is 10.5. The van der Waals surface area contributed by atoms with E-state index < -0.39 is 0 Å². The van der Waals surface area contributed by atoms with Crippen LogP contribution in [0, 0.1) is 0 Å². The molecule has 6 nitrogen and oxygen atoms in total. The van der Waals surface area contributed by atoms with Crippen LogP contribution in [0.1, 0.15) is 36.5 Å². The lowest BCUT2D eigenvalue weighted by Gasteiger charge is -2.26. The second-order valence-electron chi connectivity index (χ2n) is 7.57. The number of benzene rings is 2. The quantitative estimate of drug-likeness (QED) is 0.640. The van der Waals surface area contributed by atoms with E-state index in [2.05, 4.69) is 17.2 Å². The fourth-order valence-corrected chi connectivity index (χ4v) is 3.28. The van der Waals surface area contributed by atoms with Gasteiger partial charge in [0.25, 0.3) is 5.91 Å². The van der Waals surface area contributed by atoms with Gasteiger partial charge in [0.2, 0.25) is 5.91 Å². The van der Waals surface area contributed by atoms with E-state index in [1.807, 2.05) is 42.2 Å². The third-order valence-electron chi connectivity index (χ3n) is 4.86. The van der Waals surface area contributed by atoms with E-state index in [0.29, 0.717) is 23.6 Å². The van der Waals surface area contributed by atoms with Gasteiger partial charge in [0.1, 0.15) is 12.4 Å². The molecule has 0 spiro atoms. The van der Waals surface area contributed by atoms with Crippen molar-refractivity contribution in [1.82, 2.24) is 4.90 Å². The fourth-order valence-electron chi connectivity index (χ4n) is 3.28. The number of anilines is 2. The van der Waals surface area contributed by atoms with Gasteiger partial charge >= 0.3 is 0 Å². The molecule has 2 aromatic carbocycles. The molecule has 1 fully saturated rings. The van der Waals surface area contributed by atoms with Gasteiger partial charge in [-0.3, -0.25) is 9.59 Å². The predicted molar refractivity (Wildman–Crippen MR) is 120 cm³/mol. The average Bonchev–Trinajstić information content (AvgIpc) is 2.77. The summed E-state index contributed by atoms with van der Waals surface area (Å²) >= 11 is 0. The lowest BCUT2D eigenvalue weighted by molar-refractivity contribution is -0.114. The van der Waals surface area contributed by atoms with Crippen LogP contribution in [0.3, 0.4) is 0 Å². The minimum absolute atomic E-state index is 0.0744. The molecular weight excluding hydrogens is 378 g/mol. The molecule has 0 radical (unpaired) electrons. The van der Waals surface area contributed by atoms with E-state index in [1.54, 1.807) is 18.2 Å². The number of para-hydroxylation sites is 2. The van der Waals surface area contributed by atoms with Crippen LogP contribution in [-0.2, 0) is 4.79 Å². The van der Waals surface area contributed by atoms with Gasteiger partial charge < -0.3 is 20.3 Å². The fraction of sp³-hybridized carbons (Fsp3) is 0.333. The summed E-state index contributed by atoms with van der Waals surface area (Å²) in [5.41, 5.74) is 2.98. The van der Waals surface area contributed by atoms with Gasteiger partial charge in [-0.05, 0) is 68.2 Å². The number of likely N-dealkylation sites (tertiary alicyclic amines) is 1. The first-order valence-electron chi connectivity index (χ1n) is 10.3. The van der Waals surface area contributed by atoms with Crippen LogP contribution in [0.15, 0.2) is 60.7 Å². The third-order valence-corrected chi connectivity index (χ3v) is 4.86. The molecule has 0 unspecified atom stereocenters. The number of nitrogens with zero attached hydrogens (tertiary/aromatic N) is 1. The van der Waals surface area contributed by atoms with Crippen LogP contribution in [0.5, 0.6) is 5.75 Å². The molecule has 6 heteroatoms. The number of piperidine rings is 1. The first-order chi connectivity index (χ1) is 14.5. The Kier molecular flexibility index (Phi) is 7.49. The van der Waals surface area contributed by atoms with E-state index in [4.69, 9.17) is 4.74 Å². The molecule has 0 aliphatic carbocycles. The molecule has 3 rings (SSSR count). The van der Waals surface area contributed by atoms with Gasteiger partial charge in [-0.25, -0.2) is 0 Å². The van der Waals surface area contributed by atoms with Crippen LogP contribution < -0.4 is 15.4 Å². The Balaban J connectivity index is 1.51. The molecule has 2 aromatic rings. The summed E-state index contributed by atoms with van der Waals surface area (Å²) in [7, 11) is 0. The molecule has 30 heavy (non-hydrogen) atoms. The number of carbonyl (C=O) groups is 2. The Morgan fingerprint density at radius 3 is 2.43 bits per heavy atom. The van der Waals surface area contributed by atoms with Crippen LogP contribution in [0.2, 0.25) is 0 Å². The normalized spacial score (nSPS) is 13.4. The number of carbonyl (C=O) groups excluding carboxylic acids is 2.